The molecule has 0 heterocycles. The highest BCUT2D eigenvalue weighted by molar-refractivity contribution is 5.76. The number of aliphatic carboxylic acids is 2. The van der Waals surface area contributed by atoms with E-state index in [-0.39, 0.29) is 0 Å². The molecule has 0 aromatic rings. The summed E-state index contributed by atoms with van der Waals surface area (Å²) in [6.07, 6.45) is 31.5. The van der Waals surface area contributed by atoms with E-state index in [1.54, 1.807) is 6.08 Å². The van der Waals surface area contributed by atoms with Gasteiger partial charge in [0.1, 0.15) is 0 Å². The van der Waals surface area contributed by atoms with Crippen LogP contribution in [0.3, 0.4) is 0 Å². The Bertz CT molecular complexity index is 530. The Balaban J connectivity index is 3.64. The van der Waals surface area contributed by atoms with Gasteiger partial charge in [0, 0.05) is 6.42 Å². The van der Waals surface area contributed by atoms with Crippen LogP contribution in [0.4, 0.5) is 0 Å². The van der Waals surface area contributed by atoms with Gasteiger partial charge in [-0.25, -0.2) is 0 Å². The summed E-state index contributed by atoms with van der Waals surface area (Å²) >= 11 is 0. The summed E-state index contributed by atoms with van der Waals surface area (Å²) in [6, 6.07) is 0. The van der Waals surface area contributed by atoms with Crippen molar-refractivity contribution in [3.8, 4) is 0 Å². The Hall–Kier alpha value is -1.32. The molecule has 0 aliphatic heterocycles. The lowest BCUT2D eigenvalue weighted by Gasteiger charge is -2.26. The molecule has 0 aliphatic rings. The van der Waals surface area contributed by atoms with Gasteiger partial charge in [-0.15, -0.1) is 6.58 Å². The van der Waals surface area contributed by atoms with E-state index in [1.807, 2.05) is 0 Å². The minimum atomic E-state index is -0.722. The second-order valence-electron chi connectivity index (χ2n) is 11.1. The third-order valence-electron chi connectivity index (χ3n) is 7.81. The van der Waals surface area contributed by atoms with Gasteiger partial charge >= 0.3 is 11.9 Å². The molecular weight excluding hydrogens is 448 g/mol. The molecule has 0 aromatic carbocycles. The van der Waals surface area contributed by atoms with Gasteiger partial charge in [0.25, 0.3) is 0 Å². The Morgan fingerprint density at radius 3 is 1.14 bits per heavy atom. The van der Waals surface area contributed by atoms with Crippen molar-refractivity contribution < 1.29 is 19.8 Å². The van der Waals surface area contributed by atoms with Crippen molar-refractivity contribution in [2.24, 2.45) is 5.41 Å². The summed E-state index contributed by atoms with van der Waals surface area (Å²) in [7, 11) is 0. The summed E-state index contributed by atoms with van der Waals surface area (Å²) in [5, 5.41) is 18.5. The van der Waals surface area contributed by atoms with Gasteiger partial charge in [0.15, 0.2) is 0 Å². The van der Waals surface area contributed by atoms with Gasteiger partial charge in [-0.1, -0.05) is 154 Å². The molecular formula is C32H60O4. The average Bonchev–Trinajstić information content (AvgIpc) is 2.85. The molecule has 0 radical (unpaired) electrons. The van der Waals surface area contributed by atoms with Crippen molar-refractivity contribution in [1.29, 1.82) is 0 Å². The van der Waals surface area contributed by atoms with Crippen LogP contribution in [-0.2, 0) is 9.59 Å². The molecule has 0 aliphatic carbocycles. The van der Waals surface area contributed by atoms with Crippen LogP contribution in [-0.4, -0.2) is 22.2 Å². The molecule has 0 rings (SSSR count). The monoisotopic (exact) mass is 508 g/mol. The van der Waals surface area contributed by atoms with Crippen LogP contribution in [0, 0.1) is 5.41 Å². The number of hydrogen-bond donors (Lipinski definition) is 2. The second-order valence-corrected chi connectivity index (χ2v) is 11.1. The molecule has 2 N–H and O–H groups in total. The second kappa shape index (κ2) is 25.3. The van der Waals surface area contributed by atoms with Crippen LogP contribution >= 0.6 is 0 Å². The highest BCUT2D eigenvalue weighted by atomic mass is 16.4. The van der Waals surface area contributed by atoms with Gasteiger partial charge < -0.3 is 10.2 Å². The van der Waals surface area contributed by atoms with E-state index in [4.69, 9.17) is 5.11 Å². The minimum Gasteiger partial charge on any atom is -0.481 e. The van der Waals surface area contributed by atoms with Crippen LogP contribution in [0.15, 0.2) is 12.7 Å². The Morgan fingerprint density at radius 2 is 0.861 bits per heavy atom. The lowest BCUT2D eigenvalue weighted by atomic mass is 9.78. The molecule has 212 valence electrons. The molecule has 1 atom stereocenters. The van der Waals surface area contributed by atoms with Crippen LogP contribution in [0.5, 0.6) is 0 Å². The van der Waals surface area contributed by atoms with Gasteiger partial charge in [0.05, 0.1) is 5.41 Å². The Kier molecular flexibility index (Phi) is 24.4. The quantitative estimate of drug-likeness (QED) is 0.0778. The zero-order valence-electron chi connectivity index (χ0n) is 23.9. The maximum absolute atomic E-state index is 12.0. The normalized spacial score (nSPS) is 12.9. The number of hydrogen-bond acceptors (Lipinski definition) is 2. The van der Waals surface area contributed by atoms with E-state index in [2.05, 4.69) is 13.5 Å². The molecule has 36 heavy (non-hydrogen) atoms. The number of carbonyl (C=O) groups is 2. The molecule has 0 aromatic heterocycles. The fourth-order valence-corrected chi connectivity index (χ4v) is 5.22. The highest BCUT2D eigenvalue weighted by Crippen LogP contribution is 2.33. The van der Waals surface area contributed by atoms with Crippen molar-refractivity contribution >= 4 is 11.9 Å². The Morgan fingerprint density at radius 1 is 0.556 bits per heavy atom. The molecule has 0 fully saturated rings. The molecule has 4 nitrogen and oxygen atoms in total. The number of carboxylic acid groups (broad SMARTS) is 2. The maximum atomic E-state index is 12.0. The zero-order chi connectivity index (χ0) is 26.7. The molecule has 0 amide bonds. The van der Waals surface area contributed by atoms with E-state index < -0.39 is 17.4 Å². The number of rotatable bonds is 29. The average molecular weight is 509 g/mol. The molecule has 4 heteroatoms. The zero-order valence-corrected chi connectivity index (χ0v) is 23.9. The molecule has 0 bridgehead atoms. The maximum Gasteiger partial charge on any atom is 0.313 e. The summed E-state index contributed by atoms with van der Waals surface area (Å²) < 4.78 is 0. The van der Waals surface area contributed by atoms with E-state index in [0.29, 0.717) is 6.42 Å². The number of carboxylic acids is 2. The molecule has 0 spiro atoms. The van der Waals surface area contributed by atoms with Gasteiger partial charge in [-0.05, 0) is 19.3 Å². The topological polar surface area (TPSA) is 74.6 Å². The van der Waals surface area contributed by atoms with Crippen LogP contribution < -0.4 is 0 Å². The van der Waals surface area contributed by atoms with E-state index in [1.165, 1.54) is 109 Å². The van der Waals surface area contributed by atoms with Crippen molar-refractivity contribution in [2.45, 2.75) is 174 Å². The summed E-state index contributed by atoms with van der Waals surface area (Å²) in [4.78, 5) is 22.5. The highest BCUT2D eigenvalue weighted by Gasteiger charge is 2.33. The fourth-order valence-electron chi connectivity index (χ4n) is 5.22. The van der Waals surface area contributed by atoms with E-state index >= 15 is 0 Å². The van der Waals surface area contributed by atoms with Gasteiger partial charge in [0.2, 0.25) is 0 Å². The lowest BCUT2D eigenvalue weighted by Crippen LogP contribution is -2.28. The minimum absolute atomic E-state index is 0.317. The SMILES string of the molecule is C=CC(CCCCCCCCCC)(CCCCCCCCCCCCCCCCCC(=O)O)C(=O)O. The standard InChI is InChI=1S/C32H60O4/c1-3-5-6-7-8-19-22-25-28-32(4-2,31(35)36)29-26-23-20-17-15-13-11-9-10-12-14-16-18-21-24-27-30(33)34/h4H,2-3,5-29H2,1H3,(H,33,34)(H,35,36). The molecule has 1 unspecified atom stereocenters. The first kappa shape index (κ1) is 34.7. The van der Waals surface area contributed by atoms with Crippen LogP contribution in [0.1, 0.15) is 174 Å². The van der Waals surface area contributed by atoms with Gasteiger partial charge in [-0.3, -0.25) is 9.59 Å². The largest absolute Gasteiger partial charge is 0.481 e. The first-order valence-corrected chi connectivity index (χ1v) is 15.6. The van der Waals surface area contributed by atoms with E-state index in [9.17, 15) is 14.7 Å². The van der Waals surface area contributed by atoms with Crippen LogP contribution in [0.25, 0.3) is 0 Å². The smallest absolute Gasteiger partial charge is 0.313 e. The summed E-state index contributed by atoms with van der Waals surface area (Å²) in [5.74, 6) is -1.36. The summed E-state index contributed by atoms with van der Waals surface area (Å²) in [5.41, 5.74) is -0.722. The predicted molar refractivity (Wildman–Crippen MR) is 154 cm³/mol. The van der Waals surface area contributed by atoms with Crippen molar-refractivity contribution in [3.05, 3.63) is 12.7 Å². The Labute approximate surface area is 223 Å². The predicted octanol–water partition coefficient (Wildman–Crippen LogP) is 10.5. The first-order chi connectivity index (χ1) is 17.5. The van der Waals surface area contributed by atoms with E-state index in [0.717, 1.165) is 51.4 Å². The molecule has 0 saturated heterocycles. The summed E-state index contributed by atoms with van der Waals surface area (Å²) in [6.45, 7) is 6.14. The lowest BCUT2D eigenvalue weighted by molar-refractivity contribution is -0.147. The fraction of sp³-hybridized carbons (Fsp3) is 0.875. The van der Waals surface area contributed by atoms with Gasteiger partial charge in [-0.2, -0.15) is 0 Å². The third-order valence-corrected chi connectivity index (χ3v) is 7.81. The van der Waals surface area contributed by atoms with Crippen molar-refractivity contribution in [3.63, 3.8) is 0 Å². The molecule has 0 saturated carbocycles. The van der Waals surface area contributed by atoms with Crippen LogP contribution in [0.2, 0.25) is 0 Å². The number of unbranched alkanes of at least 4 members (excludes halogenated alkanes) is 21. The van der Waals surface area contributed by atoms with Crippen molar-refractivity contribution in [2.75, 3.05) is 0 Å². The first-order valence-electron chi connectivity index (χ1n) is 15.6. The third kappa shape index (κ3) is 20.8. The van der Waals surface area contributed by atoms with Crippen molar-refractivity contribution in [1.82, 2.24) is 0 Å².